The van der Waals surface area contributed by atoms with Gasteiger partial charge in [-0.2, -0.15) is 5.10 Å². The summed E-state index contributed by atoms with van der Waals surface area (Å²) < 4.78 is 1.79. The van der Waals surface area contributed by atoms with Crippen LogP contribution in [0.3, 0.4) is 0 Å². The summed E-state index contributed by atoms with van der Waals surface area (Å²) in [6.07, 6.45) is 6.54. The molecule has 0 amide bonds. The highest BCUT2D eigenvalue weighted by Gasteiger charge is 1.99. The normalized spacial score (nSPS) is 10.6. The largest absolute Gasteiger partial charge is 0.237 e. The van der Waals surface area contributed by atoms with E-state index in [4.69, 9.17) is 0 Å². The Kier molecular flexibility index (Phi) is 1.35. The van der Waals surface area contributed by atoms with Gasteiger partial charge in [0.25, 0.3) is 0 Å². The molecule has 2 heterocycles. The molecular formula is C8H9N3. The Morgan fingerprint density at radius 1 is 1.55 bits per heavy atom. The summed E-state index contributed by atoms with van der Waals surface area (Å²) in [5.41, 5.74) is 2.17. The number of aromatic nitrogens is 3. The van der Waals surface area contributed by atoms with Crippen molar-refractivity contribution in [3.8, 4) is 0 Å². The molecule has 0 saturated carbocycles. The molecule has 0 aliphatic carbocycles. The minimum absolute atomic E-state index is 0.968. The van der Waals surface area contributed by atoms with Crippen LogP contribution in [0.15, 0.2) is 24.7 Å². The van der Waals surface area contributed by atoms with E-state index >= 15 is 0 Å². The monoisotopic (exact) mass is 147 g/mol. The van der Waals surface area contributed by atoms with E-state index in [-0.39, 0.29) is 0 Å². The van der Waals surface area contributed by atoms with Gasteiger partial charge in [-0.1, -0.05) is 6.92 Å². The lowest BCUT2D eigenvalue weighted by Gasteiger charge is -1.90. The second kappa shape index (κ2) is 2.34. The highest BCUT2D eigenvalue weighted by molar-refractivity contribution is 5.45. The molecule has 0 atom stereocenters. The van der Waals surface area contributed by atoms with Gasteiger partial charge in [0, 0.05) is 18.0 Å². The molecule has 0 aliphatic heterocycles. The molecular weight excluding hydrogens is 138 g/mol. The average molecular weight is 147 g/mol. The van der Waals surface area contributed by atoms with Crippen LogP contribution in [0.2, 0.25) is 0 Å². The van der Waals surface area contributed by atoms with E-state index in [2.05, 4.69) is 17.0 Å². The summed E-state index contributed by atoms with van der Waals surface area (Å²) in [6.45, 7) is 2.10. The van der Waals surface area contributed by atoms with Gasteiger partial charge in [-0.15, -0.1) is 0 Å². The van der Waals surface area contributed by atoms with E-state index in [1.54, 1.807) is 10.7 Å². The third-order valence-electron chi connectivity index (χ3n) is 1.73. The number of hydrogen-bond donors (Lipinski definition) is 0. The zero-order valence-electron chi connectivity index (χ0n) is 6.36. The molecule has 0 aliphatic rings. The van der Waals surface area contributed by atoms with Gasteiger partial charge in [0.2, 0.25) is 0 Å². The molecule has 3 heteroatoms. The van der Waals surface area contributed by atoms with Gasteiger partial charge < -0.3 is 0 Å². The summed E-state index contributed by atoms with van der Waals surface area (Å²) in [5, 5.41) is 4.14. The third-order valence-corrected chi connectivity index (χ3v) is 1.73. The van der Waals surface area contributed by atoms with Crippen molar-refractivity contribution in [2.75, 3.05) is 0 Å². The number of fused-ring (bicyclic) bond motifs is 1. The Hall–Kier alpha value is -1.38. The van der Waals surface area contributed by atoms with Gasteiger partial charge in [-0.3, -0.25) is 0 Å². The number of rotatable bonds is 1. The molecule has 0 radical (unpaired) electrons. The van der Waals surface area contributed by atoms with Gasteiger partial charge in [0.05, 0.1) is 6.20 Å². The van der Waals surface area contributed by atoms with Gasteiger partial charge >= 0.3 is 0 Å². The van der Waals surface area contributed by atoms with Gasteiger partial charge in [0.15, 0.2) is 5.65 Å². The van der Waals surface area contributed by atoms with Crippen LogP contribution in [-0.4, -0.2) is 14.6 Å². The molecule has 0 spiro atoms. The minimum Gasteiger partial charge on any atom is -0.237 e. The van der Waals surface area contributed by atoms with Crippen molar-refractivity contribution in [1.29, 1.82) is 0 Å². The topological polar surface area (TPSA) is 30.2 Å². The maximum Gasteiger partial charge on any atom is 0.158 e. The van der Waals surface area contributed by atoms with Crippen molar-refractivity contribution >= 4 is 5.65 Å². The lowest BCUT2D eigenvalue weighted by atomic mass is 10.3. The molecule has 0 aromatic carbocycles. The summed E-state index contributed by atoms with van der Waals surface area (Å²) in [7, 11) is 0. The Bertz CT molecular complexity index is 364. The molecule has 0 bridgehead atoms. The molecule has 3 nitrogen and oxygen atoms in total. The van der Waals surface area contributed by atoms with Crippen LogP contribution in [-0.2, 0) is 6.42 Å². The molecule has 2 aromatic rings. The second-order valence-electron chi connectivity index (χ2n) is 2.41. The average Bonchev–Trinajstić information content (AvgIpc) is 2.47. The lowest BCUT2D eigenvalue weighted by molar-refractivity contribution is 0.939. The molecule has 2 aromatic heterocycles. The fraction of sp³-hybridized carbons (Fsp3) is 0.250. The van der Waals surface area contributed by atoms with Crippen molar-refractivity contribution in [2.24, 2.45) is 0 Å². The summed E-state index contributed by atoms with van der Waals surface area (Å²) >= 11 is 0. The van der Waals surface area contributed by atoms with Crippen LogP contribution in [0.5, 0.6) is 0 Å². The van der Waals surface area contributed by atoms with Crippen molar-refractivity contribution in [3.05, 3.63) is 30.2 Å². The van der Waals surface area contributed by atoms with Crippen LogP contribution >= 0.6 is 0 Å². The molecule has 0 fully saturated rings. The summed E-state index contributed by atoms with van der Waals surface area (Å²) in [4.78, 5) is 4.21. The van der Waals surface area contributed by atoms with E-state index in [1.807, 2.05) is 18.5 Å². The zero-order valence-corrected chi connectivity index (χ0v) is 6.36. The summed E-state index contributed by atoms with van der Waals surface area (Å²) in [5.74, 6) is 0. The fourth-order valence-corrected chi connectivity index (χ4v) is 1.13. The number of hydrogen-bond acceptors (Lipinski definition) is 2. The highest BCUT2D eigenvalue weighted by atomic mass is 15.2. The molecule has 56 valence electrons. The Balaban J connectivity index is 2.76. The molecule has 0 saturated heterocycles. The van der Waals surface area contributed by atoms with Crippen LogP contribution < -0.4 is 0 Å². The van der Waals surface area contributed by atoms with Crippen LogP contribution in [0, 0.1) is 0 Å². The molecule has 11 heavy (non-hydrogen) atoms. The quantitative estimate of drug-likeness (QED) is 0.608. The third kappa shape index (κ3) is 0.888. The lowest BCUT2D eigenvalue weighted by Crippen LogP contribution is -1.88. The van der Waals surface area contributed by atoms with E-state index in [9.17, 15) is 0 Å². The van der Waals surface area contributed by atoms with E-state index < -0.39 is 0 Å². The minimum atomic E-state index is 0.968. The number of nitrogens with zero attached hydrogens (tertiary/aromatic N) is 3. The Morgan fingerprint density at radius 2 is 2.45 bits per heavy atom. The second-order valence-corrected chi connectivity index (χ2v) is 2.41. The standard InChI is InChI=1S/C8H9N3/c1-2-7-6-10-11-5-3-4-9-8(7)11/h3-6H,2H2,1H3. The van der Waals surface area contributed by atoms with Gasteiger partial charge in [-0.25, -0.2) is 9.50 Å². The van der Waals surface area contributed by atoms with Gasteiger partial charge in [0.1, 0.15) is 0 Å². The zero-order chi connectivity index (χ0) is 7.68. The molecule has 0 N–H and O–H groups in total. The maximum absolute atomic E-state index is 4.21. The highest BCUT2D eigenvalue weighted by Crippen LogP contribution is 2.06. The van der Waals surface area contributed by atoms with Crippen molar-refractivity contribution in [1.82, 2.24) is 14.6 Å². The predicted octanol–water partition coefficient (Wildman–Crippen LogP) is 1.29. The van der Waals surface area contributed by atoms with Gasteiger partial charge in [-0.05, 0) is 12.5 Å². The van der Waals surface area contributed by atoms with E-state index in [1.165, 1.54) is 5.56 Å². The smallest absolute Gasteiger partial charge is 0.158 e. The van der Waals surface area contributed by atoms with Crippen LogP contribution in [0.1, 0.15) is 12.5 Å². The van der Waals surface area contributed by atoms with E-state index in [0.29, 0.717) is 0 Å². The van der Waals surface area contributed by atoms with E-state index in [0.717, 1.165) is 12.1 Å². The Morgan fingerprint density at radius 3 is 3.27 bits per heavy atom. The Labute approximate surface area is 64.7 Å². The van der Waals surface area contributed by atoms with Crippen molar-refractivity contribution in [2.45, 2.75) is 13.3 Å². The fourth-order valence-electron chi connectivity index (χ4n) is 1.13. The number of aryl methyl sites for hydroxylation is 1. The molecule has 2 rings (SSSR count). The van der Waals surface area contributed by atoms with Crippen molar-refractivity contribution in [3.63, 3.8) is 0 Å². The van der Waals surface area contributed by atoms with Crippen LogP contribution in [0.25, 0.3) is 5.65 Å². The predicted molar refractivity (Wildman–Crippen MR) is 42.4 cm³/mol. The SMILES string of the molecule is CCc1cnn2cccnc12. The molecule has 0 unspecified atom stereocenters. The summed E-state index contributed by atoms with van der Waals surface area (Å²) in [6, 6.07) is 1.87. The first-order valence-corrected chi connectivity index (χ1v) is 3.69. The van der Waals surface area contributed by atoms with Crippen LogP contribution in [0.4, 0.5) is 0 Å². The first-order valence-electron chi connectivity index (χ1n) is 3.69. The first-order chi connectivity index (χ1) is 5.42. The first kappa shape index (κ1) is 6.34. The maximum atomic E-state index is 4.21. The van der Waals surface area contributed by atoms with Crippen molar-refractivity contribution < 1.29 is 0 Å².